The van der Waals surface area contributed by atoms with Crippen molar-refractivity contribution < 1.29 is 18.7 Å². The van der Waals surface area contributed by atoms with Crippen molar-refractivity contribution in [1.29, 1.82) is 0 Å². The maximum absolute atomic E-state index is 14.3. The highest BCUT2D eigenvalue weighted by atomic mass is 19.1. The van der Waals surface area contributed by atoms with Crippen LogP contribution in [0.25, 0.3) is 11.3 Å². The molecule has 1 atom stereocenters. The lowest BCUT2D eigenvalue weighted by molar-refractivity contribution is -0.119. The third-order valence-corrected chi connectivity index (χ3v) is 3.51. The van der Waals surface area contributed by atoms with E-state index in [4.69, 9.17) is 4.74 Å². The number of benzene rings is 1. The number of hydrogen-bond acceptors (Lipinski definition) is 4. The number of nitrogens with zero attached hydrogens (tertiary/aromatic N) is 2. The Kier molecular flexibility index (Phi) is 3.96. The lowest BCUT2D eigenvalue weighted by Crippen LogP contribution is -2.33. The Hall–Kier alpha value is -2.90. The average Bonchev–Trinajstić information content (AvgIpc) is 3.14. The summed E-state index contributed by atoms with van der Waals surface area (Å²) in [6.45, 7) is 1.87. The van der Waals surface area contributed by atoms with Crippen molar-refractivity contribution >= 4 is 17.7 Å². The molecule has 2 aromatic rings. The normalized spacial score (nSPS) is 17.2. The van der Waals surface area contributed by atoms with Gasteiger partial charge < -0.3 is 10.1 Å². The number of ether oxygens (including phenoxy) is 1. The summed E-state index contributed by atoms with van der Waals surface area (Å²) in [4.78, 5) is 24.2. The van der Waals surface area contributed by atoms with Crippen LogP contribution in [0.5, 0.6) is 0 Å². The van der Waals surface area contributed by atoms with Gasteiger partial charge in [-0.1, -0.05) is 0 Å². The fourth-order valence-electron chi connectivity index (χ4n) is 2.39. The number of nitrogens with one attached hydrogen (secondary N) is 2. The maximum Gasteiger partial charge on any atom is 0.414 e. The summed E-state index contributed by atoms with van der Waals surface area (Å²) in [7, 11) is 0. The molecule has 0 spiro atoms. The largest absolute Gasteiger partial charge is 0.442 e. The molecule has 1 aliphatic heterocycles. The van der Waals surface area contributed by atoms with Crippen LogP contribution in [0.1, 0.15) is 6.92 Å². The number of cyclic esters (lactones) is 1. The van der Waals surface area contributed by atoms with Gasteiger partial charge in [0.2, 0.25) is 5.91 Å². The number of carbonyl (C=O) groups excluding carboxylic acids is 2. The zero-order chi connectivity index (χ0) is 16.4. The van der Waals surface area contributed by atoms with E-state index in [0.717, 1.165) is 0 Å². The molecule has 1 saturated heterocycles. The van der Waals surface area contributed by atoms with E-state index in [0.29, 0.717) is 16.9 Å². The van der Waals surface area contributed by atoms with Crippen molar-refractivity contribution in [2.75, 3.05) is 18.0 Å². The molecule has 1 aliphatic rings. The highest BCUT2D eigenvalue weighted by Gasteiger charge is 2.32. The van der Waals surface area contributed by atoms with E-state index >= 15 is 0 Å². The average molecular weight is 318 g/mol. The molecule has 2 amide bonds. The van der Waals surface area contributed by atoms with Crippen LogP contribution in [0.4, 0.5) is 14.9 Å². The Balaban J connectivity index is 1.76. The summed E-state index contributed by atoms with van der Waals surface area (Å²) in [6.07, 6.45) is 0.517. The van der Waals surface area contributed by atoms with E-state index in [1.54, 1.807) is 18.2 Å². The minimum absolute atomic E-state index is 0.200. The molecule has 8 heteroatoms. The van der Waals surface area contributed by atoms with Crippen molar-refractivity contribution in [2.24, 2.45) is 0 Å². The molecule has 0 bridgehead atoms. The van der Waals surface area contributed by atoms with Crippen LogP contribution in [-0.4, -0.2) is 41.4 Å². The number of rotatable bonds is 4. The molecule has 0 unspecified atom stereocenters. The second-order valence-electron chi connectivity index (χ2n) is 5.19. The topological polar surface area (TPSA) is 87.3 Å². The molecule has 1 aromatic carbocycles. The summed E-state index contributed by atoms with van der Waals surface area (Å²) in [5.74, 6) is -0.667. The van der Waals surface area contributed by atoms with Crippen LogP contribution in [0.15, 0.2) is 30.5 Å². The molecular formula is C15H15FN4O3. The fraction of sp³-hybridized carbons (Fsp3) is 0.267. The van der Waals surface area contributed by atoms with E-state index in [-0.39, 0.29) is 19.0 Å². The summed E-state index contributed by atoms with van der Waals surface area (Å²) >= 11 is 0. The predicted octanol–water partition coefficient (Wildman–Crippen LogP) is 1.68. The molecule has 1 fully saturated rings. The minimum Gasteiger partial charge on any atom is -0.442 e. The van der Waals surface area contributed by atoms with Gasteiger partial charge in [0.25, 0.3) is 0 Å². The summed E-state index contributed by atoms with van der Waals surface area (Å²) in [5, 5.41) is 9.07. The molecule has 1 aromatic heterocycles. The number of carbonyl (C=O) groups is 2. The number of aromatic amines is 1. The zero-order valence-corrected chi connectivity index (χ0v) is 12.4. The molecule has 7 nitrogen and oxygen atoms in total. The second kappa shape index (κ2) is 6.07. The van der Waals surface area contributed by atoms with Gasteiger partial charge in [0, 0.05) is 18.7 Å². The number of aromatic nitrogens is 2. The van der Waals surface area contributed by atoms with E-state index in [2.05, 4.69) is 15.5 Å². The molecule has 2 heterocycles. The summed E-state index contributed by atoms with van der Waals surface area (Å²) < 4.78 is 19.4. The second-order valence-corrected chi connectivity index (χ2v) is 5.19. The Labute approximate surface area is 131 Å². The van der Waals surface area contributed by atoms with Crippen molar-refractivity contribution in [2.45, 2.75) is 13.0 Å². The molecular weight excluding hydrogens is 303 g/mol. The Bertz CT molecular complexity index is 732. The molecule has 2 N–H and O–H groups in total. The van der Waals surface area contributed by atoms with Gasteiger partial charge in [0.1, 0.15) is 11.9 Å². The van der Waals surface area contributed by atoms with Crippen LogP contribution < -0.4 is 10.2 Å². The number of H-pyrrole nitrogens is 1. The van der Waals surface area contributed by atoms with Gasteiger partial charge in [0.05, 0.1) is 24.5 Å². The molecule has 0 saturated carbocycles. The highest BCUT2D eigenvalue weighted by molar-refractivity contribution is 5.90. The lowest BCUT2D eigenvalue weighted by atomic mass is 10.1. The van der Waals surface area contributed by atoms with E-state index < -0.39 is 18.0 Å². The van der Waals surface area contributed by atoms with Gasteiger partial charge in [-0.25, -0.2) is 9.18 Å². The van der Waals surface area contributed by atoms with Crippen LogP contribution in [0.2, 0.25) is 0 Å². The van der Waals surface area contributed by atoms with Crippen molar-refractivity contribution in [1.82, 2.24) is 15.5 Å². The van der Waals surface area contributed by atoms with Gasteiger partial charge >= 0.3 is 6.09 Å². The van der Waals surface area contributed by atoms with E-state index in [9.17, 15) is 14.0 Å². The highest BCUT2D eigenvalue weighted by Crippen LogP contribution is 2.27. The minimum atomic E-state index is -0.561. The van der Waals surface area contributed by atoms with Crippen LogP contribution in [0, 0.1) is 5.82 Å². The zero-order valence-electron chi connectivity index (χ0n) is 12.4. The van der Waals surface area contributed by atoms with Gasteiger partial charge in [-0.05, 0) is 24.3 Å². The monoisotopic (exact) mass is 318 g/mol. The third kappa shape index (κ3) is 3.15. The quantitative estimate of drug-likeness (QED) is 0.898. The molecule has 0 radical (unpaired) electrons. The summed E-state index contributed by atoms with van der Waals surface area (Å²) in [5.41, 5.74) is 1.33. The lowest BCUT2D eigenvalue weighted by Gasteiger charge is -2.14. The number of halogens is 1. The number of anilines is 1. The van der Waals surface area contributed by atoms with Gasteiger partial charge in [0.15, 0.2) is 0 Å². The first-order valence-corrected chi connectivity index (χ1v) is 7.06. The molecule has 3 rings (SSSR count). The first-order chi connectivity index (χ1) is 11.0. The fourth-order valence-corrected chi connectivity index (χ4v) is 2.39. The molecule has 120 valence electrons. The maximum atomic E-state index is 14.3. The van der Waals surface area contributed by atoms with Gasteiger partial charge in [-0.2, -0.15) is 5.10 Å². The van der Waals surface area contributed by atoms with Crippen LogP contribution in [-0.2, 0) is 9.53 Å². The standard InChI is InChI=1S/C15H15FN4O3/c1-9(21)17-7-11-8-20(15(22)23-11)10-2-3-12(13(16)6-10)14-4-5-18-19-14/h2-6,11H,7-8H2,1H3,(H,17,21)(H,18,19)/t11-/m0/s1. The van der Waals surface area contributed by atoms with Gasteiger partial charge in [-0.15, -0.1) is 0 Å². The first-order valence-electron chi connectivity index (χ1n) is 7.06. The van der Waals surface area contributed by atoms with E-state index in [1.165, 1.54) is 24.1 Å². The first kappa shape index (κ1) is 15.0. The third-order valence-electron chi connectivity index (χ3n) is 3.51. The smallest absolute Gasteiger partial charge is 0.414 e. The Morgan fingerprint density at radius 2 is 2.35 bits per heavy atom. The summed E-state index contributed by atoms with van der Waals surface area (Å²) in [6, 6.07) is 6.15. The SMILES string of the molecule is CC(=O)NC[C@H]1CN(c2ccc(-c3ccn[nH]3)c(F)c2)C(=O)O1. The number of amides is 2. The number of hydrogen-bond donors (Lipinski definition) is 2. The van der Waals surface area contributed by atoms with Crippen LogP contribution >= 0.6 is 0 Å². The molecule has 0 aliphatic carbocycles. The Morgan fingerprint density at radius 1 is 1.52 bits per heavy atom. The van der Waals surface area contributed by atoms with Gasteiger partial charge in [-0.3, -0.25) is 14.8 Å². The van der Waals surface area contributed by atoms with Crippen molar-refractivity contribution in [3.8, 4) is 11.3 Å². The molecule has 23 heavy (non-hydrogen) atoms. The van der Waals surface area contributed by atoms with Crippen LogP contribution in [0.3, 0.4) is 0 Å². The predicted molar refractivity (Wildman–Crippen MR) is 80.3 cm³/mol. The van der Waals surface area contributed by atoms with Crippen molar-refractivity contribution in [3.05, 3.63) is 36.3 Å². The van der Waals surface area contributed by atoms with E-state index in [1.807, 2.05) is 0 Å². The Morgan fingerprint density at radius 3 is 3.00 bits per heavy atom. The van der Waals surface area contributed by atoms with Crippen molar-refractivity contribution in [3.63, 3.8) is 0 Å².